The van der Waals surface area contributed by atoms with Gasteiger partial charge in [0.05, 0.1) is 0 Å². The van der Waals surface area contributed by atoms with Gasteiger partial charge in [0.15, 0.2) is 11.6 Å². The lowest BCUT2D eigenvalue weighted by atomic mass is 10.3. The number of hydrogen-bond donors (Lipinski definition) is 2. The molecule has 0 spiro atoms. The zero-order chi connectivity index (χ0) is 8.97. The molecule has 0 radical (unpaired) electrons. The summed E-state index contributed by atoms with van der Waals surface area (Å²) < 4.78 is 12.7. The summed E-state index contributed by atoms with van der Waals surface area (Å²) in [5, 5.41) is 8.34. The van der Waals surface area contributed by atoms with Crippen LogP contribution in [0.25, 0.3) is 0 Å². The minimum absolute atomic E-state index is 0.149. The first kappa shape index (κ1) is 8.50. The third-order valence-corrected chi connectivity index (χ3v) is 1.18. The second kappa shape index (κ2) is 3.69. The van der Waals surface area contributed by atoms with Crippen molar-refractivity contribution in [2.45, 2.75) is 0 Å². The van der Waals surface area contributed by atoms with Crippen LogP contribution in [0.4, 0.5) is 10.2 Å². The summed E-state index contributed by atoms with van der Waals surface area (Å²) in [4.78, 5) is 3.55. The first-order valence-electron chi connectivity index (χ1n) is 3.25. The van der Waals surface area contributed by atoms with Crippen molar-refractivity contribution in [2.75, 3.05) is 12.3 Å². The standard InChI is InChI=1S/C8H7FN2O/c9-7-4-6(2-1-3-12)5-11-8(7)10/h4-5,12H,3H2,(H2,10,11). The van der Waals surface area contributed by atoms with Gasteiger partial charge in [-0.3, -0.25) is 0 Å². The van der Waals surface area contributed by atoms with Crippen LogP contribution in [0.3, 0.4) is 0 Å². The Morgan fingerprint density at radius 3 is 3.00 bits per heavy atom. The van der Waals surface area contributed by atoms with Crippen LogP contribution in [0.15, 0.2) is 12.3 Å². The number of rotatable bonds is 0. The maximum Gasteiger partial charge on any atom is 0.166 e. The Kier molecular flexibility index (Phi) is 2.62. The molecular weight excluding hydrogens is 159 g/mol. The first-order valence-corrected chi connectivity index (χ1v) is 3.25. The van der Waals surface area contributed by atoms with Crippen molar-refractivity contribution in [1.82, 2.24) is 4.98 Å². The van der Waals surface area contributed by atoms with Gasteiger partial charge in [-0.15, -0.1) is 0 Å². The van der Waals surface area contributed by atoms with Gasteiger partial charge in [0.1, 0.15) is 6.61 Å². The molecule has 0 atom stereocenters. The molecule has 3 nitrogen and oxygen atoms in total. The Bertz CT molecular complexity index is 341. The van der Waals surface area contributed by atoms with Crippen LogP contribution < -0.4 is 5.73 Å². The van der Waals surface area contributed by atoms with E-state index in [2.05, 4.69) is 16.8 Å². The molecule has 0 unspecified atom stereocenters. The van der Waals surface area contributed by atoms with Gasteiger partial charge < -0.3 is 10.8 Å². The van der Waals surface area contributed by atoms with E-state index in [1.54, 1.807) is 0 Å². The summed E-state index contributed by atoms with van der Waals surface area (Å²) in [6.07, 6.45) is 1.35. The Balaban J connectivity index is 2.97. The minimum atomic E-state index is -0.597. The fourth-order valence-electron chi connectivity index (χ4n) is 0.658. The van der Waals surface area contributed by atoms with Gasteiger partial charge in [-0.1, -0.05) is 11.8 Å². The van der Waals surface area contributed by atoms with Gasteiger partial charge in [0, 0.05) is 11.8 Å². The van der Waals surface area contributed by atoms with E-state index in [-0.39, 0.29) is 12.4 Å². The van der Waals surface area contributed by atoms with Crippen LogP contribution in [-0.4, -0.2) is 16.7 Å². The molecule has 3 N–H and O–H groups in total. The van der Waals surface area contributed by atoms with Crippen LogP contribution in [0.2, 0.25) is 0 Å². The van der Waals surface area contributed by atoms with Crippen molar-refractivity contribution in [3.05, 3.63) is 23.6 Å². The Hall–Kier alpha value is -1.60. The molecule has 62 valence electrons. The molecule has 0 bridgehead atoms. The summed E-state index contributed by atoms with van der Waals surface area (Å²) >= 11 is 0. The van der Waals surface area contributed by atoms with Crippen LogP contribution in [0.1, 0.15) is 5.56 Å². The van der Waals surface area contributed by atoms with Crippen molar-refractivity contribution in [3.63, 3.8) is 0 Å². The number of nitrogens with zero attached hydrogens (tertiary/aromatic N) is 1. The fraction of sp³-hybridized carbons (Fsp3) is 0.125. The largest absolute Gasteiger partial charge is 0.384 e. The second-order valence-electron chi connectivity index (χ2n) is 2.05. The number of aliphatic hydroxyl groups is 1. The molecule has 0 saturated heterocycles. The number of nitrogen functional groups attached to an aromatic ring is 1. The topological polar surface area (TPSA) is 59.1 Å². The van der Waals surface area contributed by atoms with Crippen molar-refractivity contribution in [3.8, 4) is 11.8 Å². The average molecular weight is 166 g/mol. The molecule has 0 aromatic carbocycles. The molecule has 1 rings (SSSR count). The fourth-order valence-corrected chi connectivity index (χ4v) is 0.658. The minimum Gasteiger partial charge on any atom is -0.384 e. The lowest BCUT2D eigenvalue weighted by Gasteiger charge is -1.94. The summed E-state index contributed by atoms with van der Waals surface area (Å²) in [7, 11) is 0. The van der Waals surface area contributed by atoms with E-state index < -0.39 is 5.82 Å². The van der Waals surface area contributed by atoms with Crippen molar-refractivity contribution in [1.29, 1.82) is 0 Å². The molecule has 4 heteroatoms. The Morgan fingerprint density at radius 1 is 1.67 bits per heavy atom. The van der Waals surface area contributed by atoms with Gasteiger partial charge in [-0.2, -0.15) is 0 Å². The molecular formula is C8H7FN2O. The lowest BCUT2D eigenvalue weighted by molar-refractivity contribution is 0.350. The van der Waals surface area contributed by atoms with Gasteiger partial charge in [0.25, 0.3) is 0 Å². The smallest absolute Gasteiger partial charge is 0.166 e. The number of halogens is 1. The third-order valence-electron chi connectivity index (χ3n) is 1.18. The van der Waals surface area contributed by atoms with Gasteiger partial charge in [-0.05, 0) is 6.07 Å². The lowest BCUT2D eigenvalue weighted by Crippen LogP contribution is -1.94. The van der Waals surface area contributed by atoms with Crippen LogP contribution in [-0.2, 0) is 0 Å². The third kappa shape index (κ3) is 1.94. The van der Waals surface area contributed by atoms with E-state index in [4.69, 9.17) is 10.8 Å². The van der Waals surface area contributed by atoms with Gasteiger partial charge >= 0.3 is 0 Å². The molecule has 12 heavy (non-hydrogen) atoms. The highest BCUT2D eigenvalue weighted by atomic mass is 19.1. The summed E-state index contributed by atoms with van der Waals surface area (Å²) in [6, 6.07) is 1.17. The van der Waals surface area contributed by atoms with E-state index >= 15 is 0 Å². The van der Waals surface area contributed by atoms with Crippen molar-refractivity contribution < 1.29 is 9.50 Å². The first-order chi connectivity index (χ1) is 5.74. The highest BCUT2D eigenvalue weighted by Crippen LogP contribution is 2.06. The average Bonchev–Trinajstić information content (AvgIpc) is 2.07. The van der Waals surface area contributed by atoms with Crippen molar-refractivity contribution in [2.24, 2.45) is 0 Å². The number of nitrogens with two attached hydrogens (primary N) is 1. The monoisotopic (exact) mass is 166 g/mol. The van der Waals surface area contributed by atoms with E-state index in [9.17, 15) is 4.39 Å². The van der Waals surface area contributed by atoms with E-state index in [1.807, 2.05) is 0 Å². The Labute approximate surface area is 69.0 Å². The quantitative estimate of drug-likeness (QED) is 0.539. The number of hydrogen-bond acceptors (Lipinski definition) is 3. The molecule has 1 aromatic heterocycles. The number of aliphatic hydroxyl groups excluding tert-OH is 1. The van der Waals surface area contributed by atoms with E-state index in [0.717, 1.165) is 0 Å². The SMILES string of the molecule is Nc1ncc(C#CCO)cc1F. The summed E-state index contributed by atoms with van der Waals surface area (Å²) in [5.74, 6) is 4.13. The zero-order valence-corrected chi connectivity index (χ0v) is 6.21. The van der Waals surface area contributed by atoms with Crippen molar-refractivity contribution >= 4 is 5.82 Å². The maximum atomic E-state index is 12.7. The summed E-state index contributed by atoms with van der Waals surface area (Å²) in [5.41, 5.74) is 5.53. The molecule has 0 amide bonds. The van der Waals surface area contributed by atoms with Crippen LogP contribution in [0.5, 0.6) is 0 Å². The molecule has 0 fully saturated rings. The van der Waals surface area contributed by atoms with Gasteiger partial charge in [0.2, 0.25) is 0 Å². The molecule has 0 aliphatic carbocycles. The predicted molar refractivity (Wildman–Crippen MR) is 42.6 cm³/mol. The predicted octanol–water partition coefficient (Wildman–Crippen LogP) is 0.147. The summed E-state index contributed by atoms with van der Waals surface area (Å²) in [6.45, 7) is -0.258. The van der Waals surface area contributed by atoms with E-state index in [1.165, 1.54) is 12.3 Å². The highest BCUT2D eigenvalue weighted by Gasteiger charge is 1.98. The molecule has 0 aliphatic heterocycles. The number of anilines is 1. The number of pyridine rings is 1. The second-order valence-corrected chi connectivity index (χ2v) is 2.05. The number of aromatic nitrogens is 1. The molecule has 0 aliphatic rings. The Morgan fingerprint density at radius 2 is 2.42 bits per heavy atom. The maximum absolute atomic E-state index is 12.7. The molecule has 1 aromatic rings. The highest BCUT2D eigenvalue weighted by molar-refractivity contribution is 5.39. The zero-order valence-electron chi connectivity index (χ0n) is 6.21. The molecule has 1 heterocycles. The van der Waals surface area contributed by atoms with Crippen LogP contribution in [0, 0.1) is 17.7 Å². The van der Waals surface area contributed by atoms with Gasteiger partial charge in [-0.25, -0.2) is 9.37 Å². The van der Waals surface area contributed by atoms with Crippen LogP contribution >= 0.6 is 0 Å². The normalized spacial score (nSPS) is 8.83. The molecule has 0 saturated carbocycles. The van der Waals surface area contributed by atoms with E-state index in [0.29, 0.717) is 5.56 Å².